The van der Waals surface area contributed by atoms with Crippen molar-refractivity contribution in [1.82, 2.24) is 15.4 Å². The van der Waals surface area contributed by atoms with E-state index in [1.54, 1.807) is 6.07 Å². The number of nitrogens with one attached hydrogen (secondary N) is 1. The summed E-state index contributed by atoms with van der Waals surface area (Å²) in [7, 11) is 0. The SMILES string of the molecule is CC(C)c1ccc([C@@H](NC(=O)[C@@H]2C[C@@H](F)CN2C(=O)Cc2ccon2)c2ccccc2)cc1. The lowest BCUT2D eigenvalue weighted by atomic mass is 9.95. The van der Waals surface area contributed by atoms with E-state index in [2.05, 4.69) is 36.5 Å². The lowest BCUT2D eigenvalue weighted by Crippen LogP contribution is -2.47. The van der Waals surface area contributed by atoms with Gasteiger partial charge in [-0.2, -0.15) is 0 Å². The Morgan fingerprint density at radius 1 is 1.06 bits per heavy atom. The summed E-state index contributed by atoms with van der Waals surface area (Å²) in [5.74, 6) is -0.319. The van der Waals surface area contributed by atoms with Gasteiger partial charge in [0, 0.05) is 12.5 Å². The molecule has 4 rings (SSSR count). The number of amides is 2. The van der Waals surface area contributed by atoms with E-state index in [-0.39, 0.29) is 31.2 Å². The van der Waals surface area contributed by atoms with Gasteiger partial charge in [0.1, 0.15) is 18.5 Å². The van der Waals surface area contributed by atoms with Crippen molar-refractivity contribution in [2.45, 2.75) is 50.9 Å². The van der Waals surface area contributed by atoms with E-state index < -0.39 is 18.3 Å². The standard InChI is InChI=1S/C26H28FN3O3/c1-17(2)18-8-10-20(11-9-18)25(19-6-4-3-5-7-19)28-26(32)23-14-21(27)16-30(23)24(31)15-22-12-13-33-29-22/h3-13,17,21,23,25H,14-16H2,1-2H3,(H,28,32)/t21-,23+,25+/m1/s1. The summed E-state index contributed by atoms with van der Waals surface area (Å²) in [5.41, 5.74) is 3.50. The van der Waals surface area contributed by atoms with E-state index in [9.17, 15) is 14.0 Å². The molecule has 2 amide bonds. The van der Waals surface area contributed by atoms with Crippen LogP contribution in [-0.2, 0) is 16.0 Å². The summed E-state index contributed by atoms with van der Waals surface area (Å²) in [6.07, 6.45) is 0.0715. The number of halogens is 1. The summed E-state index contributed by atoms with van der Waals surface area (Å²) in [6.45, 7) is 4.15. The molecule has 1 saturated heterocycles. The van der Waals surface area contributed by atoms with Gasteiger partial charge in [-0.25, -0.2) is 4.39 Å². The second-order valence-corrected chi connectivity index (χ2v) is 8.74. The van der Waals surface area contributed by atoms with Gasteiger partial charge < -0.3 is 14.7 Å². The van der Waals surface area contributed by atoms with Gasteiger partial charge in [-0.05, 0) is 22.6 Å². The largest absolute Gasteiger partial charge is 0.364 e. The zero-order chi connectivity index (χ0) is 23.4. The van der Waals surface area contributed by atoms with Crippen LogP contribution in [-0.4, -0.2) is 40.6 Å². The van der Waals surface area contributed by atoms with Crippen molar-refractivity contribution in [3.05, 3.63) is 89.3 Å². The molecule has 0 saturated carbocycles. The van der Waals surface area contributed by atoms with Crippen LogP contribution in [0.2, 0.25) is 0 Å². The van der Waals surface area contributed by atoms with E-state index in [4.69, 9.17) is 4.52 Å². The maximum absolute atomic E-state index is 14.3. The molecule has 0 radical (unpaired) electrons. The number of nitrogens with zero attached hydrogens (tertiary/aromatic N) is 2. The highest BCUT2D eigenvalue weighted by molar-refractivity contribution is 5.89. The quantitative estimate of drug-likeness (QED) is 0.587. The Morgan fingerprint density at radius 3 is 2.36 bits per heavy atom. The topological polar surface area (TPSA) is 75.4 Å². The Balaban J connectivity index is 1.56. The first-order valence-corrected chi connectivity index (χ1v) is 11.2. The summed E-state index contributed by atoms with van der Waals surface area (Å²) >= 11 is 0. The predicted molar refractivity (Wildman–Crippen MR) is 122 cm³/mol. The van der Waals surface area contributed by atoms with Crippen molar-refractivity contribution >= 4 is 11.8 Å². The Bertz CT molecular complexity index is 1070. The molecule has 1 fully saturated rings. The van der Waals surface area contributed by atoms with Crippen molar-refractivity contribution in [3.8, 4) is 0 Å². The zero-order valence-electron chi connectivity index (χ0n) is 18.8. The van der Waals surface area contributed by atoms with Crippen molar-refractivity contribution in [2.75, 3.05) is 6.54 Å². The molecule has 3 atom stereocenters. The molecule has 1 aromatic heterocycles. The number of aromatic nitrogens is 1. The molecule has 0 unspecified atom stereocenters. The summed E-state index contributed by atoms with van der Waals surface area (Å²) in [4.78, 5) is 27.5. The molecule has 3 aromatic rings. The second-order valence-electron chi connectivity index (χ2n) is 8.74. The molecule has 33 heavy (non-hydrogen) atoms. The van der Waals surface area contributed by atoms with Gasteiger partial charge in [0.15, 0.2) is 0 Å². The van der Waals surface area contributed by atoms with Gasteiger partial charge in [-0.15, -0.1) is 0 Å². The first-order valence-electron chi connectivity index (χ1n) is 11.2. The normalized spacial score (nSPS) is 19.0. The van der Waals surface area contributed by atoms with Crippen LogP contribution >= 0.6 is 0 Å². The average molecular weight is 450 g/mol. The summed E-state index contributed by atoms with van der Waals surface area (Å²) < 4.78 is 19.1. The third-order valence-electron chi connectivity index (χ3n) is 6.05. The fraction of sp³-hybridized carbons (Fsp3) is 0.346. The van der Waals surface area contributed by atoms with Crippen molar-refractivity contribution in [1.29, 1.82) is 0 Å². The number of alkyl halides is 1. The lowest BCUT2D eigenvalue weighted by Gasteiger charge is -2.27. The van der Waals surface area contributed by atoms with Gasteiger partial charge in [-0.1, -0.05) is 73.6 Å². The lowest BCUT2D eigenvalue weighted by molar-refractivity contribution is -0.138. The van der Waals surface area contributed by atoms with Crippen LogP contribution in [0.5, 0.6) is 0 Å². The minimum atomic E-state index is -1.25. The predicted octanol–water partition coefficient (Wildman–Crippen LogP) is 4.19. The second kappa shape index (κ2) is 9.98. The third kappa shape index (κ3) is 5.30. The van der Waals surface area contributed by atoms with Crippen LogP contribution in [0, 0.1) is 0 Å². The number of benzene rings is 2. The van der Waals surface area contributed by atoms with E-state index in [0.29, 0.717) is 11.6 Å². The number of carbonyl (C=O) groups is 2. The third-order valence-corrected chi connectivity index (χ3v) is 6.05. The smallest absolute Gasteiger partial charge is 0.243 e. The molecule has 2 aromatic carbocycles. The minimum absolute atomic E-state index is 0.0236. The molecule has 0 aliphatic carbocycles. The average Bonchev–Trinajstić information content (AvgIpc) is 3.47. The van der Waals surface area contributed by atoms with Gasteiger partial charge in [0.05, 0.1) is 24.7 Å². The van der Waals surface area contributed by atoms with Crippen LogP contribution in [0.15, 0.2) is 71.4 Å². The molecule has 1 aliphatic heterocycles. The maximum atomic E-state index is 14.3. The Hall–Kier alpha value is -3.48. The molecule has 0 bridgehead atoms. The van der Waals surface area contributed by atoms with E-state index in [1.165, 1.54) is 16.7 Å². The van der Waals surface area contributed by atoms with E-state index >= 15 is 0 Å². The van der Waals surface area contributed by atoms with Gasteiger partial charge in [-0.3, -0.25) is 9.59 Å². The van der Waals surface area contributed by atoms with Crippen molar-refractivity contribution < 1.29 is 18.5 Å². The molecular weight excluding hydrogens is 421 g/mol. The van der Waals surface area contributed by atoms with Crippen LogP contribution < -0.4 is 5.32 Å². The molecule has 172 valence electrons. The molecule has 1 aliphatic rings. The first-order chi connectivity index (χ1) is 15.9. The number of rotatable bonds is 7. The molecular formula is C26H28FN3O3. The van der Waals surface area contributed by atoms with Crippen molar-refractivity contribution in [2.24, 2.45) is 0 Å². The maximum Gasteiger partial charge on any atom is 0.243 e. The molecule has 7 heteroatoms. The van der Waals surface area contributed by atoms with Crippen LogP contribution in [0.25, 0.3) is 0 Å². The number of hydrogen-bond donors (Lipinski definition) is 1. The number of hydrogen-bond acceptors (Lipinski definition) is 4. The molecule has 1 N–H and O–H groups in total. The van der Waals surface area contributed by atoms with E-state index in [0.717, 1.165) is 11.1 Å². The first kappa shape index (κ1) is 22.7. The number of carbonyl (C=O) groups excluding carboxylic acids is 2. The fourth-order valence-electron chi connectivity index (χ4n) is 4.21. The van der Waals surface area contributed by atoms with Gasteiger partial charge >= 0.3 is 0 Å². The van der Waals surface area contributed by atoms with Crippen LogP contribution in [0.1, 0.15) is 54.6 Å². The highest BCUT2D eigenvalue weighted by Gasteiger charge is 2.40. The summed E-state index contributed by atoms with van der Waals surface area (Å²) in [6, 6.07) is 18.1. The van der Waals surface area contributed by atoms with E-state index in [1.807, 2.05) is 42.5 Å². The molecule has 6 nitrogen and oxygen atoms in total. The minimum Gasteiger partial charge on any atom is -0.364 e. The summed E-state index contributed by atoms with van der Waals surface area (Å²) in [5, 5.41) is 6.82. The Labute approximate surface area is 192 Å². The van der Waals surface area contributed by atoms with Gasteiger partial charge in [0.2, 0.25) is 11.8 Å². The monoisotopic (exact) mass is 449 g/mol. The van der Waals surface area contributed by atoms with Crippen LogP contribution in [0.3, 0.4) is 0 Å². The Kier molecular flexibility index (Phi) is 6.87. The highest BCUT2D eigenvalue weighted by atomic mass is 19.1. The molecule has 0 spiro atoms. The highest BCUT2D eigenvalue weighted by Crippen LogP contribution is 2.27. The molecule has 2 heterocycles. The fourth-order valence-corrected chi connectivity index (χ4v) is 4.21. The van der Waals surface area contributed by atoms with Crippen molar-refractivity contribution in [3.63, 3.8) is 0 Å². The number of likely N-dealkylation sites (tertiary alicyclic amines) is 1. The van der Waals surface area contributed by atoms with Crippen LogP contribution in [0.4, 0.5) is 4.39 Å². The Morgan fingerprint density at radius 2 is 1.73 bits per heavy atom. The zero-order valence-corrected chi connectivity index (χ0v) is 18.8. The van der Waals surface area contributed by atoms with Gasteiger partial charge in [0.25, 0.3) is 0 Å².